The molecule has 0 radical (unpaired) electrons. The molecular formula is C13H15N3O2. The predicted octanol–water partition coefficient (Wildman–Crippen LogP) is 1.33. The van der Waals surface area contributed by atoms with Crippen molar-refractivity contribution in [3.05, 3.63) is 47.8 Å². The van der Waals surface area contributed by atoms with Crippen LogP contribution in [-0.4, -0.2) is 27.3 Å². The number of hydrogen-bond acceptors (Lipinski definition) is 3. The van der Waals surface area contributed by atoms with Gasteiger partial charge in [0.2, 0.25) is 0 Å². The Morgan fingerprint density at radius 2 is 2.33 bits per heavy atom. The molecule has 0 bridgehead atoms. The highest BCUT2D eigenvalue weighted by Gasteiger charge is 2.06. The molecule has 1 amide bonds. The molecule has 94 valence electrons. The summed E-state index contributed by atoms with van der Waals surface area (Å²) in [6, 6.07) is 6.72. The zero-order valence-corrected chi connectivity index (χ0v) is 10.1. The van der Waals surface area contributed by atoms with Crippen molar-refractivity contribution in [2.45, 2.75) is 13.5 Å². The standard InChI is InChI=1S/C13H15N3O2/c1-10-3-4-11(9-12(10)17)13(18)14-6-8-16-7-2-5-15-16/h2-5,7,9,17H,6,8H2,1H3,(H,14,18). The second kappa shape index (κ2) is 5.35. The average Bonchev–Trinajstić information content (AvgIpc) is 2.85. The van der Waals surface area contributed by atoms with Crippen molar-refractivity contribution in [3.63, 3.8) is 0 Å². The lowest BCUT2D eigenvalue weighted by Crippen LogP contribution is -2.27. The van der Waals surface area contributed by atoms with Gasteiger partial charge in [-0.3, -0.25) is 9.48 Å². The molecule has 0 fully saturated rings. The van der Waals surface area contributed by atoms with Crippen LogP contribution < -0.4 is 5.32 Å². The molecule has 2 rings (SSSR count). The van der Waals surface area contributed by atoms with E-state index in [1.165, 1.54) is 6.07 Å². The first-order valence-electron chi connectivity index (χ1n) is 5.72. The summed E-state index contributed by atoms with van der Waals surface area (Å²) in [4.78, 5) is 11.8. The highest BCUT2D eigenvalue weighted by Crippen LogP contribution is 2.17. The molecule has 1 aromatic heterocycles. The molecule has 0 aliphatic rings. The largest absolute Gasteiger partial charge is 0.508 e. The maximum atomic E-state index is 11.8. The van der Waals surface area contributed by atoms with Gasteiger partial charge in [-0.2, -0.15) is 5.10 Å². The summed E-state index contributed by atoms with van der Waals surface area (Å²) in [5.41, 5.74) is 1.21. The number of nitrogens with zero attached hydrogens (tertiary/aromatic N) is 2. The zero-order chi connectivity index (χ0) is 13.0. The number of nitrogens with one attached hydrogen (secondary N) is 1. The van der Waals surface area contributed by atoms with Gasteiger partial charge in [-0.1, -0.05) is 6.07 Å². The molecule has 0 aliphatic carbocycles. The Balaban J connectivity index is 1.89. The minimum absolute atomic E-state index is 0.134. The van der Waals surface area contributed by atoms with Crippen LogP contribution in [0.4, 0.5) is 0 Å². The smallest absolute Gasteiger partial charge is 0.251 e. The second-order valence-electron chi connectivity index (χ2n) is 4.03. The van der Waals surface area contributed by atoms with E-state index in [1.807, 2.05) is 12.3 Å². The van der Waals surface area contributed by atoms with Crippen molar-refractivity contribution in [1.29, 1.82) is 0 Å². The van der Waals surface area contributed by atoms with E-state index in [4.69, 9.17) is 0 Å². The van der Waals surface area contributed by atoms with Crippen molar-refractivity contribution >= 4 is 5.91 Å². The van der Waals surface area contributed by atoms with Crippen molar-refractivity contribution in [3.8, 4) is 5.75 Å². The van der Waals surface area contributed by atoms with Gasteiger partial charge in [-0.05, 0) is 30.7 Å². The van der Waals surface area contributed by atoms with E-state index in [1.54, 1.807) is 29.9 Å². The van der Waals surface area contributed by atoms with Crippen LogP contribution in [0, 0.1) is 6.92 Å². The van der Waals surface area contributed by atoms with Crippen LogP contribution in [0.25, 0.3) is 0 Å². The van der Waals surface area contributed by atoms with E-state index in [0.717, 1.165) is 5.56 Å². The van der Waals surface area contributed by atoms with Gasteiger partial charge in [-0.25, -0.2) is 0 Å². The number of carbonyl (C=O) groups excluding carboxylic acids is 1. The van der Waals surface area contributed by atoms with Crippen LogP contribution >= 0.6 is 0 Å². The highest BCUT2D eigenvalue weighted by atomic mass is 16.3. The third kappa shape index (κ3) is 2.88. The number of benzene rings is 1. The van der Waals surface area contributed by atoms with Crippen LogP contribution in [0.2, 0.25) is 0 Å². The maximum absolute atomic E-state index is 11.8. The zero-order valence-electron chi connectivity index (χ0n) is 10.1. The molecule has 0 unspecified atom stereocenters. The van der Waals surface area contributed by atoms with Crippen LogP contribution in [0.3, 0.4) is 0 Å². The summed E-state index contributed by atoms with van der Waals surface area (Å²) in [5.74, 6) is -0.0628. The van der Waals surface area contributed by atoms with Gasteiger partial charge < -0.3 is 10.4 Å². The van der Waals surface area contributed by atoms with Gasteiger partial charge in [0, 0.05) is 24.5 Å². The number of aromatic hydroxyl groups is 1. The van der Waals surface area contributed by atoms with E-state index in [0.29, 0.717) is 18.7 Å². The predicted molar refractivity (Wildman–Crippen MR) is 67.4 cm³/mol. The molecular weight excluding hydrogens is 230 g/mol. The van der Waals surface area contributed by atoms with E-state index in [9.17, 15) is 9.90 Å². The average molecular weight is 245 g/mol. The monoisotopic (exact) mass is 245 g/mol. The Kier molecular flexibility index (Phi) is 3.62. The lowest BCUT2D eigenvalue weighted by Gasteiger charge is -2.06. The number of carbonyl (C=O) groups is 1. The molecule has 5 heteroatoms. The minimum atomic E-state index is -0.197. The van der Waals surface area contributed by atoms with Crippen molar-refractivity contribution in [1.82, 2.24) is 15.1 Å². The van der Waals surface area contributed by atoms with Gasteiger partial charge in [0.15, 0.2) is 0 Å². The summed E-state index contributed by atoms with van der Waals surface area (Å²) in [6.07, 6.45) is 3.53. The molecule has 5 nitrogen and oxygen atoms in total. The minimum Gasteiger partial charge on any atom is -0.508 e. The molecule has 0 saturated carbocycles. The fourth-order valence-corrected chi connectivity index (χ4v) is 1.57. The van der Waals surface area contributed by atoms with Gasteiger partial charge in [0.05, 0.1) is 6.54 Å². The Labute approximate surface area is 105 Å². The van der Waals surface area contributed by atoms with Crippen LogP contribution in [0.5, 0.6) is 5.75 Å². The molecule has 0 spiro atoms. The normalized spacial score (nSPS) is 10.3. The number of hydrogen-bond donors (Lipinski definition) is 2. The summed E-state index contributed by atoms with van der Waals surface area (Å²) < 4.78 is 1.74. The Morgan fingerprint density at radius 1 is 1.50 bits per heavy atom. The van der Waals surface area contributed by atoms with Crippen molar-refractivity contribution in [2.75, 3.05) is 6.54 Å². The summed E-state index contributed by atoms with van der Waals surface area (Å²) in [5, 5.41) is 16.3. The quantitative estimate of drug-likeness (QED) is 0.853. The summed E-state index contributed by atoms with van der Waals surface area (Å²) in [6.45, 7) is 2.90. The third-order valence-electron chi connectivity index (χ3n) is 2.66. The Morgan fingerprint density at radius 3 is 3.00 bits per heavy atom. The number of aromatic nitrogens is 2. The summed E-state index contributed by atoms with van der Waals surface area (Å²) in [7, 11) is 0. The number of rotatable bonds is 4. The van der Waals surface area contributed by atoms with Gasteiger partial charge in [-0.15, -0.1) is 0 Å². The van der Waals surface area contributed by atoms with Gasteiger partial charge >= 0.3 is 0 Å². The van der Waals surface area contributed by atoms with E-state index in [-0.39, 0.29) is 11.7 Å². The lowest BCUT2D eigenvalue weighted by atomic mass is 10.1. The molecule has 0 aliphatic heterocycles. The highest BCUT2D eigenvalue weighted by molar-refractivity contribution is 5.94. The molecule has 1 aromatic carbocycles. The number of amides is 1. The molecule has 1 heterocycles. The summed E-state index contributed by atoms with van der Waals surface area (Å²) >= 11 is 0. The topological polar surface area (TPSA) is 67.2 Å². The Hall–Kier alpha value is -2.30. The van der Waals surface area contributed by atoms with E-state index < -0.39 is 0 Å². The van der Waals surface area contributed by atoms with Crippen LogP contribution in [-0.2, 0) is 6.54 Å². The molecule has 0 saturated heterocycles. The number of aryl methyl sites for hydroxylation is 1. The van der Waals surface area contributed by atoms with Crippen molar-refractivity contribution in [2.24, 2.45) is 0 Å². The molecule has 2 N–H and O–H groups in total. The van der Waals surface area contributed by atoms with Crippen LogP contribution in [0.15, 0.2) is 36.7 Å². The second-order valence-corrected chi connectivity index (χ2v) is 4.03. The maximum Gasteiger partial charge on any atom is 0.251 e. The molecule has 18 heavy (non-hydrogen) atoms. The Bertz CT molecular complexity index is 535. The van der Waals surface area contributed by atoms with Crippen molar-refractivity contribution < 1.29 is 9.90 Å². The van der Waals surface area contributed by atoms with Gasteiger partial charge in [0.25, 0.3) is 5.91 Å². The van der Waals surface area contributed by atoms with Crippen LogP contribution in [0.1, 0.15) is 15.9 Å². The lowest BCUT2D eigenvalue weighted by molar-refractivity contribution is 0.0951. The SMILES string of the molecule is Cc1ccc(C(=O)NCCn2cccn2)cc1O. The first kappa shape index (κ1) is 12.2. The fraction of sp³-hybridized carbons (Fsp3) is 0.231. The molecule has 2 aromatic rings. The number of phenolic OH excluding ortho intramolecular Hbond substituents is 1. The number of phenols is 1. The van der Waals surface area contributed by atoms with E-state index in [2.05, 4.69) is 10.4 Å². The first-order valence-corrected chi connectivity index (χ1v) is 5.72. The van der Waals surface area contributed by atoms with Gasteiger partial charge in [0.1, 0.15) is 5.75 Å². The fourth-order valence-electron chi connectivity index (χ4n) is 1.57. The van der Waals surface area contributed by atoms with E-state index >= 15 is 0 Å². The first-order chi connectivity index (χ1) is 8.66. The third-order valence-corrected chi connectivity index (χ3v) is 2.66. The molecule has 0 atom stereocenters.